The second kappa shape index (κ2) is 7.98. The number of esters is 1. The van der Waals surface area contributed by atoms with E-state index in [0.29, 0.717) is 6.42 Å². The van der Waals surface area contributed by atoms with Crippen LogP contribution in [0.2, 0.25) is 0 Å². The van der Waals surface area contributed by atoms with Gasteiger partial charge in [-0.25, -0.2) is 0 Å². The predicted octanol–water partition coefficient (Wildman–Crippen LogP) is 1.30. The third-order valence-electron chi connectivity index (χ3n) is 1.90. The molecule has 0 saturated carbocycles. The summed E-state index contributed by atoms with van der Waals surface area (Å²) < 4.78 is 4.49. The minimum atomic E-state index is -0.649. The van der Waals surface area contributed by atoms with E-state index in [9.17, 15) is 4.79 Å². The van der Waals surface area contributed by atoms with Crippen LogP contribution in [0, 0.1) is 0 Å². The van der Waals surface area contributed by atoms with Crippen molar-refractivity contribution in [1.82, 2.24) is 0 Å². The zero-order valence-electron chi connectivity index (χ0n) is 9.28. The molecule has 0 unspecified atom stereocenters. The van der Waals surface area contributed by atoms with Crippen LogP contribution in [0.25, 0.3) is 16.0 Å². The first-order valence-electron chi connectivity index (χ1n) is 4.65. The molecule has 17 heavy (non-hydrogen) atoms. The fourth-order valence-corrected chi connectivity index (χ4v) is 1.12. The topological polar surface area (TPSA) is 131 Å². The van der Waals surface area contributed by atoms with Gasteiger partial charge < -0.3 is 26.6 Å². The maximum absolute atomic E-state index is 11.0. The molecule has 0 radical (unpaired) electrons. The highest BCUT2D eigenvalue weighted by atomic mass is 16.5. The monoisotopic (exact) mass is 237 g/mol. The maximum Gasteiger partial charge on any atom is 0.322 e. The lowest BCUT2D eigenvalue weighted by atomic mass is 10.1. The van der Waals surface area contributed by atoms with E-state index in [4.69, 9.17) is 21.9 Å². The molecule has 1 aromatic carbocycles. The summed E-state index contributed by atoms with van der Waals surface area (Å²) >= 11 is 0. The molecule has 1 atom stereocenters. The summed E-state index contributed by atoms with van der Waals surface area (Å²) in [7, 11) is 1.30. The van der Waals surface area contributed by atoms with Gasteiger partial charge in [-0.2, -0.15) is 0 Å². The number of benzene rings is 1. The summed E-state index contributed by atoms with van der Waals surface area (Å²) in [6.07, 6.45) is 0.410. The van der Waals surface area contributed by atoms with Gasteiger partial charge >= 0.3 is 5.97 Å². The van der Waals surface area contributed by atoms with Crippen LogP contribution in [-0.4, -0.2) is 24.2 Å². The summed E-state index contributed by atoms with van der Waals surface area (Å²) in [6, 6.07) is 5.90. The lowest BCUT2D eigenvalue weighted by molar-refractivity contribution is -0.142. The van der Waals surface area contributed by atoms with E-state index in [-0.39, 0.29) is 5.75 Å². The van der Waals surface area contributed by atoms with E-state index in [1.165, 1.54) is 12.0 Å². The molecule has 0 amide bonds. The average Bonchev–Trinajstić information content (AvgIpc) is 2.32. The maximum atomic E-state index is 11.0. The van der Waals surface area contributed by atoms with Gasteiger partial charge in [0, 0.05) is 0 Å². The van der Waals surface area contributed by atoms with Crippen LogP contribution in [-0.2, 0) is 16.0 Å². The molecule has 0 aromatic heterocycles. The molecule has 0 aliphatic rings. The number of hydrogen-bond acceptors (Lipinski definition) is 4. The number of methoxy groups -OCH3 is 1. The molecule has 7 heteroatoms. The van der Waals surface area contributed by atoms with Gasteiger partial charge in [0.2, 0.25) is 0 Å². The Labute approximate surface area is 98.2 Å². The minimum Gasteiger partial charge on any atom is -0.508 e. The summed E-state index contributed by atoms with van der Waals surface area (Å²) in [4.78, 5) is 12.5. The molecular formula is C10H13N4O3-. The molecule has 1 rings (SSSR count). The van der Waals surface area contributed by atoms with Crippen molar-refractivity contribution in [2.24, 2.45) is 5.73 Å². The fourth-order valence-electron chi connectivity index (χ4n) is 1.12. The summed E-state index contributed by atoms with van der Waals surface area (Å²) in [5.41, 5.74) is 20.0. The molecule has 0 bridgehead atoms. The minimum absolute atomic E-state index is 0.195. The van der Waals surface area contributed by atoms with Gasteiger partial charge in [0.25, 0.3) is 0 Å². The Morgan fingerprint density at radius 1 is 1.47 bits per heavy atom. The Morgan fingerprint density at radius 3 is 2.35 bits per heavy atom. The summed E-state index contributed by atoms with van der Waals surface area (Å²) in [5, 5.41) is 9.02. The Hall–Kier alpha value is -2.24. The Bertz CT molecular complexity index is 385. The van der Waals surface area contributed by atoms with Gasteiger partial charge in [-0.05, 0) is 24.1 Å². The fraction of sp³-hybridized carbons (Fsp3) is 0.300. The lowest BCUT2D eigenvalue weighted by Crippen LogP contribution is -2.33. The van der Waals surface area contributed by atoms with Crippen molar-refractivity contribution in [2.45, 2.75) is 12.5 Å². The van der Waals surface area contributed by atoms with Crippen LogP contribution >= 0.6 is 0 Å². The van der Waals surface area contributed by atoms with Crippen molar-refractivity contribution in [2.75, 3.05) is 7.11 Å². The van der Waals surface area contributed by atoms with Gasteiger partial charge in [-0.15, -0.1) is 0 Å². The van der Waals surface area contributed by atoms with Crippen LogP contribution in [0.5, 0.6) is 5.75 Å². The van der Waals surface area contributed by atoms with Gasteiger partial charge in [-0.3, -0.25) is 9.71 Å². The first-order chi connectivity index (χ1) is 8.04. The number of nitrogens with two attached hydrogens (primary N) is 1. The summed E-state index contributed by atoms with van der Waals surface area (Å²) in [5.74, 6) is -0.238. The van der Waals surface area contributed by atoms with Gasteiger partial charge in [0.05, 0.1) is 7.11 Å². The number of hydrogen-bond donors (Lipinski definition) is 2. The second-order valence-corrected chi connectivity index (χ2v) is 3.09. The third-order valence-corrected chi connectivity index (χ3v) is 1.90. The highest BCUT2D eigenvalue weighted by Crippen LogP contribution is 2.10. The molecule has 0 aliphatic carbocycles. The molecule has 0 saturated heterocycles. The first kappa shape index (κ1) is 14.8. The normalized spacial score (nSPS) is 10.5. The van der Waals surface area contributed by atoms with E-state index < -0.39 is 12.0 Å². The van der Waals surface area contributed by atoms with E-state index in [1.54, 1.807) is 24.3 Å². The highest BCUT2D eigenvalue weighted by molar-refractivity contribution is 5.75. The van der Waals surface area contributed by atoms with E-state index >= 15 is 0 Å². The molecule has 1 aromatic rings. The Morgan fingerprint density at radius 2 is 1.94 bits per heavy atom. The van der Waals surface area contributed by atoms with Crippen molar-refractivity contribution in [3.63, 3.8) is 0 Å². The zero-order chi connectivity index (χ0) is 13.3. The van der Waals surface area contributed by atoms with E-state index in [0.717, 1.165) is 5.56 Å². The van der Waals surface area contributed by atoms with Crippen LogP contribution in [0.4, 0.5) is 0 Å². The van der Waals surface area contributed by atoms with Crippen LogP contribution in [0.3, 0.4) is 0 Å². The molecular weight excluding hydrogens is 224 g/mol. The smallest absolute Gasteiger partial charge is 0.322 e. The van der Waals surface area contributed by atoms with Gasteiger partial charge in [-0.1, -0.05) is 12.1 Å². The molecule has 0 aliphatic heterocycles. The number of carbonyl (C=O) groups is 1. The number of phenolic OH excluding ortho intramolecular Hbond substituents is 1. The first-order valence-corrected chi connectivity index (χ1v) is 4.65. The quantitative estimate of drug-likeness (QED) is 0.355. The molecule has 3 N–H and O–H groups in total. The predicted molar refractivity (Wildman–Crippen MR) is 61.9 cm³/mol. The number of carbonyl (C=O) groups excluding carboxylic acids is 1. The van der Waals surface area contributed by atoms with Crippen molar-refractivity contribution in [3.8, 4) is 5.75 Å². The molecule has 92 valence electrons. The van der Waals surface area contributed by atoms with Gasteiger partial charge in [0.1, 0.15) is 11.8 Å². The number of rotatable bonds is 3. The Kier molecular flexibility index (Phi) is 6.92. The second-order valence-electron chi connectivity index (χ2n) is 3.09. The van der Waals surface area contributed by atoms with Crippen molar-refractivity contribution < 1.29 is 14.6 Å². The van der Waals surface area contributed by atoms with Crippen LogP contribution in [0.1, 0.15) is 5.56 Å². The number of aromatic hydroxyl groups is 1. The number of nitrogens with zero attached hydrogens (tertiary/aromatic N) is 3. The standard InChI is InChI=1S/C10H13NO3.N3/c1-14-10(13)9(11)6-7-2-4-8(12)5-3-7;1-3-2/h2-5,9,12H,6,11H2,1H3;/q;-1/t9-;/m0./s1. The largest absolute Gasteiger partial charge is 0.508 e. The summed E-state index contributed by atoms with van der Waals surface area (Å²) in [6.45, 7) is 0. The number of phenols is 1. The van der Waals surface area contributed by atoms with Crippen LogP contribution < -0.4 is 5.73 Å². The van der Waals surface area contributed by atoms with E-state index in [1.807, 2.05) is 0 Å². The van der Waals surface area contributed by atoms with Crippen molar-refractivity contribution in [3.05, 3.63) is 45.8 Å². The third kappa shape index (κ3) is 6.03. The average molecular weight is 237 g/mol. The molecule has 0 spiro atoms. The van der Waals surface area contributed by atoms with Crippen molar-refractivity contribution in [1.29, 1.82) is 0 Å². The molecule has 0 heterocycles. The van der Waals surface area contributed by atoms with Gasteiger partial charge in [0.15, 0.2) is 0 Å². The van der Waals surface area contributed by atoms with Crippen LogP contribution in [0.15, 0.2) is 24.3 Å². The molecule has 0 fully saturated rings. The SMILES string of the molecule is COC(=O)[C@@H](N)Cc1ccc(O)cc1.[N-]=[N+]=[N-]. The van der Waals surface area contributed by atoms with Crippen molar-refractivity contribution >= 4 is 5.97 Å². The Balaban J connectivity index is 0.000000770. The zero-order valence-corrected chi connectivity index (χ0v) is 9.28. The number of ether oxygens (including phenoxy) is 1. The van der Waals surface area contributed by atoms with E-state index in [2.05, 4.69) is 4.74 Å². The lowest BCUT2D eigenvalue weighted by Gasteiger charge is -2.08. The highest BCUT2D eigenvalue weighted by Gasteiger charge is 2.13. The molecule has 7 nitrogen and oxygen atoms in total.